The lowest BCUT2D eigenvalue weighted by molar-refractivity contribution is -0.188. The van der Waals surface area contributed by atoms with Crippen LogP contribution in [0.4, 0.5) is 4.79 Å². The number of likely N-dealkylation sites (N-methyl/N-ethyl adjacent to an activating group) is 1. The smallest absolute Gasteiger partial charge is 0.327 e. The molecule has 4 aliphatic carbocycles. The fraction of sp³-hybridized carbons (Fsp3) is 0.742. The molecule has 2 saturated heterocycles. The molecule has 39 heavy (non-hydrogen) atoms. The minimum Gasteiger partial charge on any atom is -0.497 e. The SMILES string of the molecule is COc1ccc2c(c1)[C@]13CCN(CCN(C)C)[C@H](C2)[C@]1(O)CC[C@]1(C3)C(=O)N(CC2CC2)C(=O)N1CC1CC1. The number of fused-ring (bicyclic) bond motifs is 1. The van der Waals surface area contributed by atoms with Crippen LogP contribution < -0.4 is 4.74 Å². The normalized spacial score (nSPS) is 36.1. The monoisotopic (exact) mass is 536 g/mol. The molecule has 0 radical (unpaired) electrons. The number of hydrogen-bond acceptors (Lipinski definition) is 6. The van der Waals surface area contributed by atoms with Crippen LogP contribution in [0.25, 0.3) is 0 Å². The quantitative estimate of drug-likeness (QED) is 0.515. The average Bonchev–Trinajstić information content (AvgIpc) is 3.84. The molecule has 3 saturated carbocycles. The Morgan fingerprint density at radius 2 is 1.79 bits per heavy atom. The van der Waals surface area contributed by atoms with Crippen LogP contribution in [0.3, 0.4) is 0 Å². The summed E-state index contributed by atoms with van der Waals surface area (Å²) in [4.78, 5) is 36.6. The van der Waals surface area contributed by atoms with Gasteiger partial charge in [0.15, 0.2) is 0 Å². The third kappa shape index (κ3) is 3.81. The highest BCUT2D eigenvalue weighted by atomic mass is 16.5. The maximum atomic E-state index is 14.4. The number of nitrogens with zero attached hydrogens (tertiary/aromatic N) is 4. The van der Waals surface area contributed by atoms with Crippen molar-refractivity contribution in [2.24, 2.45) is 11.8 Å². The third-order valence-corrected chi connectivity index (χ3v) is 11.1. The van der Waals surface area contributed by atoms with Gasteiger partial charge in [0.25, 0.3) is 5.91 Å². The van der Waals surface area contributed by atoms with Crippen LogP contribution in [0.1, 0.15) is 62.5 Å². The minimum atomic E-state index is -0.958. The maximum Gasteiger partial charge on any atom is 0.327 e. The molecule has 7 rings (SSSR count). The third-order valence-electron chi connectivity index (χ3n) is 11.1. The number of benzene rings is 1. The number of carbonyl (C=O) groups excluding carboxylic acids is 2. The number of ether oxygens (including phenoxy) is 1. The summed E-state index contributed by atoms with van der Waals surface area (Å²) >= 11 is 0. The van der Waals surface area contributed by atoms with E-state index in [0.717, 1.165) is 69.5 Å². The molecule has 0 aromatic heterocycles. The van der Waals surface area contributed by atoms with Crippen molar-refractivity contribution in [3.8, 4) is 5.75 Å². The molecular weight excluding hydrogens is 492 g/mol. The molecule has 212 valence electrons. The van der Waals surface area contributed by atoms with Crippen molar-refractivity contribution in [3.63, 3.8) is 0 Å². The Balaban J connectivity index is 1.33. The van der Waals surface area contributed by atoms with E-state index in [1.54, 1.807) is 12.0 Å². The van der Waals surface area contributed by atoms with Crippen LogP contribution in [0, 0.1) is 11.8 Å². The summed E-state index contributed by atoms with van der Waals surface area (Å²) < 4.78 is 5.68. The second-order valence-electron chi connectivity index (χ2n) is 13.7. The number of methoxy groups -OCH3 is 1. The highest BCUT2D eigenvalue weighted by Gasteiger charge is 2.72. The Hall–Kier alpha value is -2.16. The van der Waals surface area contributed by atoms with Gasteiger partial charge >= 0.3 is 6.03 Å². The molecular formula is C31H44N4O4. The molecule has 1 aromatic carbocycles. The van der Waals surface area contributed by atoms with Crippen molar-refractivity contribution in [1.82, 2.24) is 19.6 Å². The molecule has 4 atom stereocenters. The summed E-state index contributed by atoms with van der Waals surface area (Å²) in [5, 5.41) is 12.9. The Kier molecular flexibility index (Phi) is 5.90. The zero-order valence-corrected chi connectivity index (χ0v) is 23.8. The van der Waals surface area contributed by atoms with E-state index < -0.39 is 16.6 Å². The van der Waals surface area contributed by atoms with E-state index in [-0.39, 0.29) is 18.0 Å². The molecule has 1 aromatic rings. The first-order valence-electron chi connectivity index (χ1n) is 15.1. The summed E-state index contributed by atoms with van der Waals surface area (Å²) in [5.74, 6) is 1.74. The van der Waals surface area contributed by atoms with Crippen LogP contribution in [0.2, 0.25) is 0 Å². The first-order valence-corrected chi connectivity index (χ1v) is 15.1. The standard InChI is InChI=1S/C31H44N4O4/c1-32(2)14-15-33-13-12-29-20-30(27(36)34(18-21-4-5-21)28(37)35(30)19-22-6-7-22)10-11-31(29,38)26(33)16-23-8-9-24(39-3)17-25(23)29/h8-9,17,21-22,26,38H,4-7,10-16,18-20H2,1-3H3/t26-,29-,30+,31-/m1/s1. The van der Waals surface area contributed by atoms with E-state index in [1.165, 1.54) is 5.56 Å². The van der Waals surface area contributed by atoms with E-state index in [1.807, 2.05) is 11.0 Å². The van der Waals surface area contributed by atoms with Gasteiger partial charge in [-0.25, -0.2) is 4.79 Å². The van der Waals surface area contributed by atoms with Crippen molar-refractivity contribution in [2.45, 2.75) is 80.4 Å². The van der Waals surface area contributed by atoms with Gasteiger partial charge in [0.05, 0.1) is 12.7 Å². The van der Waals surface area contributed by atoms with Gasteiger partial charge in [-0.2, -0.15) is 0 Å². The van der Waals surface area contributed by atoms with Gasteiger partial charge in [-0.15, -0.1) is 0 Å². The van der Waals surface area contributed by atoms with Crippen LogP contribution in [0.15, 0.2) is 18.2 Å². The zero-order chi connectivity index (χ0) is 27.2. The molecule has 6 aliphatic rings. The minimum absolute atomic E-state index is 0.00178. The summed E-state index contributed by atoms with van der Waals surface area (Å²) in [6.45, 7) is 3.96. The molecule has 1 spiro atoms. The fourth-order valence-electron chi connectivity index (χ4n) is 8.56. The summed E-state index contributed by atoms with van der Waals surface area (Å²) in [6, 6.07) is 6.24. The molecule has 1 N–H and O–H groups in total. The van der Waals surface area contributed by atoms with Crippen LogP contribution in [-0.4, -0.2) is 108 Å². The van der Waals surface area contributed by atoms with Crippen molar-refractivity contribution < 1.29 is 19.4 Å². The number of hydrogen-bond donors (Lipinski definition) is 1. The first-order chi connectivity index (χ1) is 18.7. The number of aliphatic hydroxyl groups is 1. The predicted molar refractivity (Wildman–Crippen MR) is 148 cm³/mol. The largest absolute Gasteiger partial charge is 0.497 e. The molecule has 2 heterocycles. The van der Waals surface area contributed by atoms with E-state index in [9.17, 15) is 14.7 Å². The second-order valence-corrected chi connectivity index (χ2v) is 13.7. The lowest BCUT2D eigenvalue weighted by Crippen LogP contribution is -2.76. The van der Waals surface area contributed by atoms with Gasteiger partial charge in [-0.3, -0.25) is 14.6 Å². The van der Waals surface area contributed by atoms with Crippen molar-refractivity contribution >= 4 is 11.9 Å². The van der Waals surface area contributed by atoms with Gasteiger partial charge in [-0.1, -0.05) is 6.07 Å². The maximum absolute atomic E-state index is 14.4. The topological polar surface area (TPSA) is 76.6 Å². The van der Waals surface area contributed by atoms with E-state index in [4.69, 9.17) is 4.74 Å². The van der Waals surface area contributed by atoms with Gasteiger partial charge in [-0.05, 0) is 114 Å². The lowest BCUT2D eigenvalue weighted by Gasteiger charge is -2.66. The van der Waals surface area contributed by atoms with Gasteiger partial charge in [0.1, 0.15) is 11.3 Å². The van der Waals surface area contributed by atoms with Gasteiger partial charge in [0.2, 0.25) is 0 Å². The van der Waals surface area contributed by atoms with E-state index >= 15 is 0 Å². The number of rotatable bonds is 8. The first kappa shape index (κ1) is 25.8. The Bertz CT molecular complexity index is 1180. The van der Waals surface area contributed by atoms with E-state index in [2.05, 4.69) is 36.0 Å². The van der Waals surface area contributed by atoms with Crippen molar-refractivity contribution in [3.05, 3.63) is 29.3 Å². The van der Waals surface area contributed by atoms with Crippen LogP contribution >= 0.6 is 0 Å². The number of carbonyl (C=O) groups is 2. The predicted octanol–water partition coefficient (Wildman–Crippen LogP) is 2.86. The molecule has 8 nitrogen and oxygen atoms in total. The highest BCUT2D eigenvalue weighted by Crippen LogP contribution is 2.62. The number of imide groups is 1. The summed E-state index contributed by atoms with van der Waals surface area (Å²) in [6.07, 6.45) is 7.63. The lowest BCUT2D eigenvalue weighted by atomic mass is 9.46. The molecule has 5 fully saturated rings. The fourth-order valence-corrected chi connectivity index (χ4v) is 8.56. The Morgan fingerprint density at radius 1 is 1.05 bits per heavy atom. The molecule has 8 heteroatoms. The molecule has 0 unspecified atom stereocenters. The number of urea groups is 1. The van der Waals surface area contributed by atoms with Crippen LogP contribution in [0.5, 0.6) is 5.75 Å². The molecule has 2 bridgehead atoms. The Labute approximate surface area is 232 Å². The van der Waals surface area contributed by atoms with E-state index in [0.29, 0.717) is 44.2 Å². The summed E-state index contributed by atoms with van der Waals surface area (Å²) in [5.41, 5.74) is -0.0354. The number of piperidine rings is 1. The van der Waals surface area contributed by atoms with Crippen LogP contribution in [-0.2, 0) is 16.6 Å². The highest BCUT2D eigenvalue weighted by molar-refractivity contribution is 6.07. The molecule has 3 amide bonds. The van der Waals surface area contributed by atoms with Gasteiger partial charge < -0.3 is 19.6 Å². The zero-order valence-electron chi connectivity index (χ0n) is 23.8. The van der Waals surface area contributed by atoms with Crippen molar-refractivity contribution in [2.75, 3.05) is 53.9 Å². The average molecular weight is 537 g/mol. The van der Waals surface area contributed by atoms with Crippen molar-refractivity contribution in [1.29, 1.82) is 0 Å². The second kappa shape index (κ2) is 8.92. The number of likely N-dealkylation sites (tertiary alicyclic amines) is 1. The number of amides is 3. The Morgan fingerprint density at radius 3 is 2.49 bits per heavy atom. The van der Waals surface area contributed by atoms with Gasteiger partial charge in [0, 0.05) is 37.6 Å². The summed E-state index contributed by atoms with van der Waals surface area (Å²) in [7, 11) is 5.89. The molecule has 2 aliphatic heterocycles.